The SMILES string of the molecule is O=C(NCCOc1ccccc1Br)c1c(F)cccc1Cl. The smallest absolute Gasteiger partial charge is 0.255 e. The number of nitrogens with one attached hydrogen (secondary N) is 1. The van der Waals surface area contributed by atoms with E-state index in [1.807, 2.05) is 18.2 Å². The molecule has 0 aliphatic heterocycles. The van der Waals surface area contributed by atoms with Crippen LogP contribution in [-0.2, 0) is 0 Å². The number of amides is 1. The van der Waals surface area contributed by atoms with E-state index in [9.17, 15) is 9.18 Å². The second kappa shape index (κ2) is 7.43. The molecule has 110 valence electrons. The lowest BCUT2D eigenvalue weighted by Crippen LogP contribution is -2.29. The van der Waals surface area contributed by atoms with Crippen LogP contribution in [0.3, 0.4) is 0 Å². The van der Waals surface area contributed by atoms with Crippen molar-refractivity contribution >= 4 is 33.4 Å². The van der Waals surface area contributed by atoms with Gasteiger partial charge in [-0.15, -0.1) is 0 Å². The van der Waals surface area contributed by atoms with Crippen molar-refractivity contribution in [2.75, 3.05) is 13.2 Å². The molecular weight excluding hydrogens is 361 g/mol. The van der Waals surface area contributed by atoms with Gasteiger partial charge in [0.1, 0.15) is 18.2 Å². The number of hydrogen-bond acceptors (Lipinski definition) is 2. The molecule has 2 aromatic carbocycles. The summed E-state index contributed by atoms with van der Waals surface area (Å²) >= 11 is 9.17. The summed E-state index contributed by atoms with van der Waals surface area (Å²) in [5.41, 5.74) is -0.153. The van der Waals surface area contributed by atoms with Crippen molar-refractivity contribution in [1.29, 1.82) is 0 Å². The zero-order valence-corrected chi connectivity index (χ0v) is 13.2. The first-order valence-corrected chi connectivity index (χ1v) is 7.36. The van der Waals surface area contributed by atoms with Crippen molar-refractivity contribution in [3.8, 4) is 5.75 Å². The number of carbonyl (C=O) groups is 1. The Kier molecular flexibility index (Phi) is 5.59. The molecule has 0 saturated heterocycles. The molecule has 0 saturated carbocycles. The number of ether oxygens (including phenoxy) is 1. The van der Waals surface area contributed by atoms with E-state index in [-0.39, 0.29) is 23.7 Å². The summed E-state index contributed by atoms with van der Waals surface area (Å²) in [6.07, 6.45) is 0. The molecule has 6 heteroatoms. The second-order valence-electron chi connectivity index (χ2n) is 4.13. The summed E-state index contributed by atoms with van der Waals surface area (Å²) in [5.74, 6) is -0.531. The lowest BCUT2D eigenvalue weighted by molar-refractivity contribution is 0.0943. The van der Waals surface area contributed by atoms with Crippen LogP contribution in [0.2, 0.25) is 5.02 Å². The minimum absolute atomic E-state index is 0.0826. The second-order valence-corrected chi connectivity index (χ2v) is 5.39. The highest BCUT2D eigenvalue weighted by molar-refractivity contribution is 9.10. The van der Waals surface area contributed by atoms with Gasteiger partial charge in [0.05, 0.1) is 21.6 Å². The van der Waals surface area contributed by atoms with Gasteiger partial charge in [0, 0.05) is 0 Å². The molecule has 0 bridgehead atoms. The molecule has 2 rings (SSSR count). The summed E-state index contributed by atoms with van der Waals surface area (Å²) in [6, 6.07) is 11.5. The van der Waals surface area contributed by atoms with Crippen molar-refractivity contribution < 1.29 is 13.9 Å². The van der Waals surface area contributed by atoms with Crippen molar-refractivity contribution in [3.05, 3.63) is 63.3 Å². The Morgan fingerprint density at radius 2 is 2.00 bits per heavy atom. The van der Waals surface area contributed by atoms with E-state index >= 15 is 0 Å². The molecule has 1 amide bonds. The third-order valence-corrected chi connectivity index (χ3v) is 3.64. The van der Waals surface area contributed by atoms with Crippen LogP contribution < -0.4 is 10.1 Å². The summed E-state index contributed by atoms with van der Waals surface area (Å²) in [4.78, 5) is 11.9. The summed E-state index contributed by atoms with van der Waals surface area (Å²) in [7, 11) is 0. The van der Waals surface area contributed by atoms with E-state index < -0.39 is 11.7 Å². The predicted octanol–water partition coefficient (Wildman–Crippen LogP) is 4.05. The van der Waals surface area contributed by atoms with Crippen LogP contribution in [0.5, 0.6) is 5.75 Å². The van der Waals surface area contributed by atoms with Crippen molar-refractivity contribution in [1.82, 2.24) is 5.32 Å². The topological polar surface area (TPSA) is 38.3 Å². The molecule has 0 atom stereocenters. The molecule has 0 radical (unpaired) electrons. The summed E-state index contributed by atoms with van der Waals surface area (Å²) < 4.78 is 19.9. The Morgan fingerprint density at radius 1 is 1.24 bits per heavy atom. The third kappa shape index (κ3) is 4.19. The van der Waals surface area contributed by atoms with Crippen LogP contribution >= 0.6 is 27.5 Å². The minimum Gasteiger partial charge on any atom is -0.491 e. The highest BCUT2D eigenvalue weighted by Gasteiger charge is 2.14. The first-order valence-electron chi connectivity index (χ1n) is 6.19. The highest BCUT2D eigenvalue weighted by Crippen LogP contribution is 2.23. The number of rotatable bonds is 5. The van der Waals surface area contributed by atoms with Gasteiger partial charge < -0.3 is 10.1 Å². The normalized spacial score (nSPS) is 10.2. The lowest BCUT2D eigenvalue weighted by Gasteiger charge is -2.10. The van der Waals surface area contributed by atoms with E-state index in [1.54, 1.807) is 6.07 Å². The van der Waals surface area contributed by atoms with Crippen LogP contribution in [-0.4, -0.2) is 19.1 Å². The molecule has 2 aromatic rings. The monoisotopic (exact) mass is 371 g/mol. The van der Waals surface area contributed by atoms with Crippen molar-refractivity contribution in [2.45, 2.75) is 0 Å². The molecule has 0 heterocycles. The Hall–Kier alpha value is -1.59. The van der Waals surface area contributed by atoms with Gasteiger partial charge in [-0.2, -0.15) is 0 Å². The average molecular weight is 373 g/mol. The third-order valence-electron chi connectivity index (χ3n) is 2.67. The molecule has 0 aliphatic rings. The van der Waals surface area contributed by atoms with E-state index in [0.29, 0.717) is 5.75 Å². The molecule has 0 aliphatic carbocycles. The lowest BCUT2D eigenvalue weighted by atomic mass is 10.2. The van der Waals surface area contributed by atoms with E-state index in [4.69, 9.17) is 16.3 Å². The zero-order valence-electron chi connectivity index (χ0n) is 10.9. The van der Waals surface area contributed by atoms with Crippen LogP contribution in [0.4, 0.5) is 4.39 Å². The van der Waals surface area contributed by atoms with Crippen molar-refractivity contribution in [3.63, 3.8) is 0 Å². The quantitative estimate of drug-likeness (QED) is 0.804. The van der Waals surface area contributed by atoms with Gasteiger partial charge in [0.25, 0.3) is 5.91 Å². The number of hydrogen-bond donors (Lipinski definition) is 1. The fourth-order valence-corrected chi connectivity index (χ4v) is 2.34. The van der Waals surface area contributed by atoms with Gasteiger partial charge in [0.2, 0.25) is 0 Å². The van der Waals surface area contributed by atoms with Crippen molar-refractivity contribution in [2.24, 2.45) is 0 Å². The Morgan fingerprint density at radius 3 is 2.71 bits per heavy atom. The maximum absolute atomic E-state index is 13.5. The van der Waals surface area contributed by atoms with Gasteiger partial charge in [-0.1, -0.05) is 29.8 Å². The van der Waals surface area contributed by atoms with Gasteiger partial charge in [-0.3, -0.25) is 4.79 Å². The van der Waals surface area contributed by atoms with Crippen LogP contribution in [0.25, 0.3) is 0 Å². The maximum Gasteiger partial charge on any atom is 0.255 e. The molecule has 0 aromatic heterocycles. The first kappa shape index (κ1) is 15.8. The highest BCUT2D eigenvalue weighted by atomic mass is 79.9. The number of para-hydroxylation sites is 1. The van der Waals surface area contributed by atoms with Crippen LogP contribution in [0.1, 0.15) is 10.4 Å². The number of carbonyl (C=O) groups excluding carboxylic acids is 1. The molecule has 0 unspecified atom stereocenters. The Balaban J connectivity index is 1.87. The molecular formula is C15H12BrClFNO2. The average Bonchev–Trinajstić information content (AvgIpc) is 2.45. The largest absolute Gasteiger partial charge is 0.491 e. The van der Waals surface area contributed by atoms with Gasteiger partial charge in [-0.25, -0.2) is 4.39 Å². The molecule has 0 fully saturated rings. The molecule has 3 nitrogen and oxygen atoms in total. The summed E-state index contributed by atoms with van der Waals surface area (Å²) in [6.45, 7) is 0.505. The Bertz CT molecular complexity index is 631. The standard InChI is InChI=1S/C15H12BrClFNO2/c16-10-4-1-2-7-13(10)21-9-8-19-15(20)14-11(17)5-3-6-12(14)18/h1-7H,8-9H2,(H,19,20). The van der Waals surface area contributed by atoms with E-state index in [0.717, 1.165) is 4.47 Å². The zero-order chi connectivity index (χ0) is 15.2. The maximum atomic E-state index is 13.5. The number of halogens is 3. The fraction of sp³-hybridized carbons (Fsp3) is 0.133. The fourth-order valence-electron chi connectivity index (χ4n) is 1.69. The summed E-state index contributed by atoms with van der Waals surface area (Å²) in [5, 5.41) is 2.65. The first-order chi connectivity index (χ1) is 10.1. The molecule has 1 N–H and O–H groups in total. The van der Waals surface area contributed by atoms with E-state index in [1.165, 1.54) is 18.2 Å². The Labute approximate surface area is 135 Å². The van der Waals surface area contributed by atoms with Gasteiger partial charge >= 0.3 is 0 Å². The van der Waals surface area contributed by atoms with Crippen LogP contribution in [0.15, 0.2) is 46.9 Å². The van der Waals surface area contributed by atoms with E-state index in [2.05, 4.69) is 21.2 Å². The molecule has 0 spiro atoms. The van der Waals surface area contributed by atoms with Crippen LogP contribution in [0, 0.1) is 5.82 Å². The van der Waals surface area contributed by atoms with Gasteiger partial charge in [-0.05, 0) is 40.2 Å². The minimum atomic E-state index is -0.647. The molecule has 21 heavy (non-hydrogen) atoms. The predicted molar refractivity (Wildman–Crippen MR) is 83.4 cm³/mol. The van der Waals surface area contributed by atoms with Gasteiger partial charge in [0.15, 0.2) is 0 Å². The number of benzene rings is 2.